The van der Waals surface area contributed by atoms with Crippen LogP contribution in [0.2, 0.25) is 5.02 Å². The molecule has 2 N–H and O–H groups in total. The Kier molecular flexibility index (Phi) is 3.49. The Balaban J connectivity index is 1.85. The Hall–Kier alpha value is -0.730. The fourth-order valence-electron chi connectivity index (χ4n) is 3.63. The first-order valence-corrected chi connectivity index (χ1v) is 7.39. The van der Waals surface area contributed by atoms with Crippen LogP contribution in [0, 0.1) is 11.8 Å². The van der Waals surface area contributed by atoms with E-state index < -0.39 is 0 Å². The fraction of sp³-hybridized carbons (Fsp3) is 0.600. The number of nitrogens with two attached hydrogens (primary N) is 1. The Bertz CT molecular complexity index is 421. The van der Waals surface area contributed by atoms with Crippen LogP contribution in [0.1, 0.15) is 24.8 Å². The maximum Gasteiger partial charge on any atom is 0.0426 e. The smallest absolute Gasteiger partial charge is 0.0426 e. The number of anilines is 1. The fourth-order valence-corrected chi connectivity index (χ4v) is 3.80. The van der Waals surface area contributed by atoms with Crippen molar-refractivity contribution in [1.29, 1.82) is 0 Å². The van der Waals surface area contributed by atoms with Gasteiger partial charge in [-0.1, -0.05) is 24.1 Å². The topological polar surface area (TPSA) is 29.3 Å². The Morgan fingerprint density at radius 2 is 1.94 bits per heavy atom. The number of benzene rings is 1. The molecule has 1 heterocycles. The van der Waals surface area contributed by atoms with E-state index in [9.17, 15) is 0 Å². The zero-order valence-corrected chi connectivity index (χ0v) is 11.5. The van der Waals surface area contributed by atoms with E-state index in [1.165, 1.54) is 43.6 Å². The van der Waals surface area contributed by atoms with Crippen molar-refractivity contribution in [3.8, 4) is 0 Å². The summed E-state index contributed by atoms with van der Waals surface area (Å²) in [4.78, 5) is 2.53. The quantitative estimate of drug-likeness (QED) is 0.909. The van der Waals surface area contributed by atoms with E-state index >= 15 is 0 Å². The molecule has 0 spiro atoms. The van der Waals surface area contributed by atoms with Crippen LogP contribution in [0.3, 0.4) is 0 Å². The minimum absolute atomic E-state index is 0.704. The first-order chi connectivity index (χ1) is 8.78. The lowest BCUT2D eigenvalue weighted by atomic mass is 10.0. The molecule has 3 rings (SSSR count). The van der Waals surface area contributed by atoms with Crippen LogP contribution in [0.5, 0.6) is 0 Å². The molecule has 18 heavy (non-hydrogen) atoms. The minimum atomic E-state index is 0.704. The van der Waals surface area contributed by atoms with Gasteiger partial charge in [0.1, 0.15) is 0 Å². The largest absolute Gasteiger partial charge is 0.371 e. The van der Waals surface area contributed by atoms with E-state index in [-0.39, 0.29) is 0 Å². The molecule has 0 bridgehead atoms. The van der Waals surface area contributed by atoms with Crippen molar-refractivity contribution in [3.63, 3.8) is 0 Å². The lowest BCUT2D eigenvalue weighted by Gasteiger charge is -2.23. The van der Waals surface area contributed by atoms with E-state index in [1.807, 2.05) is 6.07 Å². The molecule has 0 amide bonds. The van der Waals surface area contributed by atoms with Crippen LogP contribution in [0.4, 0.5) is 5.69 Å². The SMILES string of the molecule is NCCc1ccc(Cl)cc1N1CC2CCCC2C1. The van der Waals surface area contributed by atoms with Crippen molar-refractivity contribution < 1.29 is 0 Å². The van der Waals surface area contributed by atoms with Gasteiger partial charge in [0.2, 0.25) is 0 Å². The highest BCUT2D eigenvalue weighted by atomic mass is 35.5. The van der Waals surface area contributed by atoms with Gasteiger partial charge in [-0.25, -0.2) is 0 Å². The Labute approximate surface area is 114 Å². The van der Waals surface area contributed by atoms with Gasteiger partial charge in [-0.3, -0.25) is 0 Å². The molecular weight excluding hydrogens is 244 g/mol. The van der Waals surface area contributed by atoms with Crippen LogP contribution in [-0.4, -0.2) is 19.6 Å². The third kappa shape index (κ3) is 2.24. The standard InChI is InChI=1S/C15H21ClN2/c16-14-5-4-11(6-7-17)15(8-14)18-9-12-2-1-3-13(12)10-18/h4-5,8,12-13H,1-3,6-7,9-10,17H2. The van der Waals surface area contributed by atoms with E-state index in [0.717, 1.165) is 23.3 Å². The molecule has 2 atom stereocenters. The molecule has 1 saturated carbocycles. The van der Waals surface area contributed by atoms with Gasteiger partial charge >= 0.3 is 0 Å². The summed E-state index contributed by atoms with van der Waals surface area (Å²) in [6, 6.07) is 6.24. The molecular formula is C15H21ClN2. The lowest BCUT2D eigenvalue weighted by molar-refractivity contribution is 0.494. The van der Waals surface area contributed by atoms with Gasteiger partial charge in [0.15, 0.2) is 0 Å². The van der Waals surface area contributed by atoms with E-state index in [4.69, 9.17) is 17.3 Å². The van der Waals surface area contributed by atoms with Crippen molar-refractivity contribution in [2.24, 2.45) is 17.6 Å². The Morgan fingerprint density at radius 3 is 2.61 bits per heavy atom. The Morgan fingerprint density at radius 1 is 1.22 bits per heavy atom. The molecule has 3 heteroatoms. The first kappa shape index (κ1) is 12.3. The summed E-state index contributed by atoms with van der Waals surface area (Å²) in [5.41, 5.74) is 8.38. The molecule has 2 aliphatic rings. The lowest BCUT2D eigenvalue weighted by Crippen LogP contribution is -2.22. The average Bonchev–Trinajstić information content (AvgIpc) is 2.92. The molecule has 2 fully saturated rings. The average molecular weight is 265 g/mol. The molecule has 98 valence electrons. The number of halogens is 1. The predicted molar refractivity (Wildman–Crippen MR) is 77.3 cm³/mol. The molecule has 1 aliphatic heterocycles. The van der Waals surface area contributed by atoms with Crippen LogP contribution in [0.25, 0.3) is 0 Å². The summed E-state index contributed by atoms with van der Waals surface area (Å²) < 4.78 is 0. The van der Waals surface area contributed by atoms with Crippen LogP contribution < -0.4 is 10.6 Å². The molecule has 1 aromatic carbocycles. The highest BCUT2D eigenvalue weighted by Gasteiger charge is 2.36. The maximum atomic E-state index is 6.16. The molecule has 2 unspecified atom stereocenters. The molecule has 2 nitrogen and oxygen atoms in total. The van der Waals surface area contributed by atoms with Gasteiger partial charge in [-0.2, -0.15) is 0 Å². The number of rotatable bonds is 3. The molecule has 0 aromatic heterocycles. The normalized spacial score (nSPS) is 26.7. The summed E-state index contributed by atoms with van der Waals surface area (Å²) in [6.45, 7) is 3.13. The van der Waals surface area contributed by atoms with Crippen LogP contribution >= 0.6 is 11.6 Å². The van der Waals surface area contributed by atoms with Crippen molar-refractivity contribution in [1.82, 2.24) is 0 Å². The van der Waals surface area contributed by atoms with E-state index in [2.05, 4.69) is 17.0 Å². The second-order valence-electron chi connectivity index (χ2n) is 5.67. The van der Waals surface area contributed by atoms with Crippen molar-refractivity contribution in [3.05, 3.63) is 28.8 Å². The summed E-state index contributed by atoms with van der Waals surface area (Å²) in [7, 11) is 0. The van der Waals surface area contributed by atoms with Crippen LogP contribution in [-0.2, 0) is 6.42 Å². The van der Waals surface area contributed by atoms with Gasteiger partial charge in [0, 0.05) is 23.8 Å². The number of hydrogen-bond acceptors (Lipinski definition) is 2. The van der Waals surface area contributed by atoms with Crippen LogP contribution in [0.15, 0.2) is 18.2 Å². The second-order valence-corrected chi connectivity index (χ2v) is 6.10. The van der Waals surface area contributed by atoms with Gasteiger partial charge in [-0.05, 0) is 55.3 Å². The van der Waals surface area contributed by atoms with Gasteiger partial charge in [0.05, 0.1) is 0 Å². The summed E-state index contributed by atoms with van der Waals surface area (Å²) in [6.07, 6.45) is 5.19. The number of fused-ring (bicyclic) bond motifs is 1. The number of hydrogen-bond donors (Lipinski definition) is 1. The molecule has 1 aromatic rings. The third-order valence-electron chi connectivity index (χ3n) is 4.53. The number of nitrogens with zero attached hydrogens (tertiary/aromatic N) is 1. The highest BCUT2D eigenvalue weighted by Crippen LogP contribution is 2.40. The third-order valence-corrected chi connectivity index (χ3v) is 4.76. The maximum absolute atomic E-state index is 6.16. The van der Waals surface area contributed by atoms with Gasteiger partial charge < -0.3 is 10.6 Å². The zero-order valence-electron chi connectivity index (χ0n) is 10.7. The molecule has 1 saturated heterocycles. The first-order valence-electron chi connectivity index (χ1n) is 7.01. The zero-order chi connectivity index (χ0) is 12.5. The minimum Gasteiger partial charge on any atom is -0.371 e. The van der Waals surface area contributed by atoms with Crippen molar-refractivity contribution in [2.45, 2.75) is 25.7 Å². The summed E-state index contributed by atoms with van der Waals surface area (Å²) >= 11 is 6.16. The van der Waals surface area contributed by atoms with Gasteiger partial charge in [-0.15, -0.1) is 0 Å². The molecule has 0 radical (unpaired) electrons. The summed E-state index contributed by atoms with van der Waals surface area (Å²) in [5, 5.41) is 0.836. The van der Waals surface area contributed by atoms with E-state index in [1.54, 1.807) is 0 Å². The highest BCUT2D eigenvalue weighted by molar-refractivity contribution is 6.30. The van der Waals surface area contributed by atoms with Crippen molar-refractivity contribution in [2.75, 3.05) is 24.5 Å². The predicted octanol–water partition coefficient (Wildman–Crippen LogP) is 3.08. The van der Waals surface area contributed by atoms with E-state index in [0.29, 0.717) is 6.54 Å². The van der Waals surface area contributed by atoms with Gasteiger partial charge in [0.25, 0.3) is 0 Å². The van der Waals surface area contributed by atoms with Crippen molar-refractivity contribution >= 4 is 17.3 Å². The second kappa shape index (κ2) is 5.10. The monoisotopic (exact) mass is 264 g/mol. The summed E-state index contributed by atoms with van der Waals surface area (Å²) in [5.74, 6) is 1.82. The molecule has 1 aliphatic carbocycles.